The first-order valence-electron chi connectivity index (χ1n) is 3.98. The largest absolute Gasteiger partial charge is 0.382 e. The summed E-state index contributed by atoms with van der Waals surface area (Å²) in [6.45, 7) is 2.34. The molecule has 0 amide bonds. The van der Waals surface area contributed by atoms with E-state index >= 15 is 0 Å². The first-order chi connectivity index (χ1) is 5.86. The molecular weight excluding hydrogens is 156 g/mol. The van der Waals surface area contributed by atoms with E-state index in [-0.39, 0.29) is 6.04 Å². The predicted octanol–water partition coefficient (Wildman–Crippen LogP) is -0.347. The van der Waals surface area contributed by atoms with Crippen molar-refractivity contribution in [3.05, 3.63) is 11.8 Å². The van der Waals surface area contributed by atoms with Crippen LogP contribution in [0.5, 0.6) is 0 Å². The Balaban J connectivity index is 2.08. The number of morpholine rings is 1. The van der Waals surface area contributed by atoms with E-state index in [1.54, 1.807) is 0 Å². The summed E-state index contributed by atoms with van der Waals surface area (Å²) in [4.78, 5) is 0. The van der Waals surface area contributed by atoms with Gasteiger partial charge >= 0.3 is 0 Å². The molecule has 1 saturated heterocycles. The highest BCUT2D eigenvalue weighted by Gasteiger charge is 2.16. The molecule has 0 saturated carbocycles. The molecule has 2 rings (SSSR count). The van der Waals surface area contributed by atoms with Gasteiger partial charge in [0.2, 0.25) is 0 Å². The number of aromatic amines is 1. The molecule has 0 radical (unpaired) electrons. The molecular formula is C7H12N4O. The van der Waals surface area contributed by atoms with Gasteiger partial charge in [-0.1, -0.05) is 0 Å². The van der Waals surface area contributed by atoms with E-state index in [1.165, 1.54) is 0 Å². The predicted molar refractivity (Wildman–Crippen MR) is 44.6 cm³/mol. The zero-order valence-corrected chi connectivity index (χ0v) is 6.71. The summed E-state index contributed by atoms with van der Waals surface area (Å²) in [5, 5.41) is 10.0. The normalized spacial score (nSPS) is 24.2. The van der Waals surface area contributed by atoms with Crippen LogP contribution in [0, 0.1) is 0 Å². The van der Waals surface area contributed by atoms with Crippen LogP contribution in [0.3, 0.4) is 0 Å². The number of anilines is 1. The fourth-order valence-electron chi connectivity index (χ4n) is 1.30. The number of ether oxygens (including phenoxy) is 1. The van der Waals surface area contributed by atoms with Crippen molar-refractivity contribution < 1.29 is 4.74 Å². The Morgan fingerprint density at radius 2 is 2.58 bits per heavy atom. The minimum absolute atomic E-state index is 0.212. The van der Waals surface area contributed by atoms with Crippen LogP contribution in [0.1, 0.15) is 11.7 Å². The van der Waals surface area contributed by atoms with E-state index < -0.39 is 0 Å². The summed E-state index contributed by atoms with van der Waals surface area (Å²) in [7, 11) is 0. The highest BCUT2D eigenvalue weighted by Crippen LogP contribution is 2.14. The third-order valence-electron chi connectivity index (χ3n) is 1.91. The minimum Gasteiger partial charge on any atom is -0.382 e. The van der Waals surface area contributed by atoms with Gasteiger partial charge in [-0.2, -0.15) is 5.10 Å². The Bertz CT molecular complexity index is 254. The molecule has 0 aliphatic carbocycles. The molecule has 1 fully saturated rings. The average molecular weight is 168 g/mol. The van der Waals surface area contributed by atoms with E-state index in [2.05, 4.69) is 15.5 Å². The number of nitrogens with two attached hydrogens (primary N) is 1. The summed E-state index contributed by atoms with van der Waals surface area (Å²) >= 11 is 0. The van der Waals surface area contributed by atoms with E-state index in [9.17, 15) is 0 Å². The van der Waals surface area contributed by atoms with Crippen LogP contribution < -0.4 is 11.1 Å². The molecule has 1 atom stereocenters. The summed E-state index contributed by atoms with van der Waals surface area (Å²) < 4.78 is 5.29. The molecule has 4 N–H and O–H groups in total. The first-order valence-corrected chi connectivity index (χ1v) is 3.98. The Morgan fingerprint density at radius 1 is 1.67 bits per heavy atom. The quantitative estimate of drug-likeness (QED) is 0.536. The van der Waals surface area contributed by atoms with Crippen molar-refractivity contribution in [3.63, 3.8) is 0 Å². The van der Waals surface area contributed by atoms with Crippen LogP contribution in [0.4, 0.5) is 5.82 Å². The first kappa shape index (κ1) is 7.57. The second kappa shape index (κ2) is 3.12. The summed E-state index contributed by atoms with van der Waals surface area (Å²) in [6.07, 6.45) is 0. The third-order valence-corrected chi connectivity index (χ3v) is 1.91. The van der Waals surface area contributed by atoms with Crippen molar-refractivity contribution in [1.82, 2.24) is 15.5 Å². The second-order valence-corrected chi connectivity index (χ2v) is 2.83. The molecule has 0 bridgehead atoms. The lowest BCUT2D eigenvalue weighted by molar-refractivity contribution is 0.0756. The monoisotopic (exact) mass is 168 g/mol. The molecule has 1 aliphatic heterocycles. The van der Waals surface area contributed by atoms with E-state index in [0.717, 1.165) is 18.8 Å². The van der Waals surface area contributed by atoms with Crippen molar-refractivity contribution in [2.75, 3.05) is 25.5 Å². The zero-order chi connectivity index (χ0) is 8.39. The van der Waals surface area contributed by atoms with Gasteiger partial charge in [0, 0.05) is 12.6 Å². The van der Waals surface area contributed by atoms with Gasteiger partial charge < -0.3 is 15.8 Å². The van der Waals surface area contributed by atoms with Gasteiger partial charge in [-0.05, 0) is 0 Å². The maximum atomic E-state index is 5.47. The van der Waals surface area contributed by atoms with E-state index in [1.807, 2.05) is 6.07 Å². The highest BCUT2D eigenvalue weighted by atomic mass is 16.5. The molecule has 2 heterocycles. The number of nitrogens with one attached hydrogen (secondary N) is 2. The number of hydrogen-bond acceptors (Lipinski definition) is 4. The average Bonchev–Trinajstić information content (AvgIpc) is 2.54. The van der Waals surface area contributed by atoms with Crippen molar-refractivity contribution in [2.45, 2.75) is 6.04 Å². The number of hydrogen-bond donors (Lipinski definition) is 3. The van der Waals surface area contributed by atoms with Crippen molar-refractivity contribution in [3.8, 4) is 0 Å². The summed E-state index contributed by atoms with van der Waals surface area (Å²) in [5.74, 6) is 0.525. The number of rotatable bonds is 1. The molecule has 0 aromatic carbocycles. The van der Waals surface area contributed by atoms with Crippen LogP contribution in [-0.4, -0.2) is 30.0 Å². The van der Waals surface area contributed by atoms with Gasteiger partial charge in [-0.25, -0.2) is 0 Å². The SMILES string of the molecule is Nc1cc(C2COCCN2)[nH]n1. The Kier molecular flexibility index (Phi) is 1.97. The van der Waals surface area contributed by atoms with Gasteiger partial charge in [0.15, 0.2) is 0 Å². The molecule has 1 aliphatic rings. The summed E-state index contributed by atoms with van der Waals surface area (Å²) in [6, 6.07) is 2.04. The van der Waals surface area contributed by atoms with Crippen molar-refractivity contribution in [1.29, 1.82) is 0 Å². The topological polar surface area (TPSA) is 76.0 Å². The standard InChI is InChI=1S/C7H12N4O/c8-7-3-5(10-11-7)6-4-12-2-1-9-6/h3,6,9H,1-2,4H2,(H3,8,10,11). The Morgan fingerprint density at radius 3 is 3.17 bits per heavy atom. The second-order valence-electron chi connectivity index (χ2n) is 2.83. The van der Waals surface area contributed by atoms with Crippen LogP contribution in [0.15, 0.2) is 6.07 Å². The maximum Gasteiger partial charge on any atom is 0.145 e. The molecule has 1 aromatic heterocycles. The molecule has 5 nitrogen and oxygen atoms in total. The lowest BCUT2D eigenvalue weighted by Gasteiger charge is -2.22. The maximum absolute atomic E-state index is 5.47. The molecule has 12 heavy (non-hydrogen) atoms. The van der Waals surface area contributed by atoms with Gasteiger partial charge in [0.05, 0.1) is 24.9 Å². The summed E-state index contributed by atoms with van der Waals surface area (Å²) in [5.41, 5.74) is 6.47. The van der Waals surface area contributed by atoms with Crippen LogP contribution in [-0.2, 0) is 4.74 Å². The lowest BCUT2D eigenvalue weighted by Crippen LogP contribution is -2.34. The third kappa shape index (κ3) is 1.41. The lowest BCUT2D eigenvalue weighted by atomic mass is 10.2. The fraction of sp³-hybridized carbons (Fsp3) is 0.571. The van der Waals surface area contributed by atoms with Crippen LogP contribution in [0.25, 0.3) is 0 Å². The van der Waals surface area contributed by atoms with Gasteiger partial charge in [-0.15, -0.1) is 0 Å². The smallest absolute Gasteiger partial charge is 0.145 e. The van der Waals surface area contributed by atoms with Gasteiger partial charge in [-0.3, -0.25) is 5.10 Å². The molecule has 66 valence electrons. The van der Waals surface area contributed by atoms with Crippen molar-refractivity contribution in [2.24, 2.45) is 0 Å². The highest BCUT2D eigenvalue weighted by molar-refractivity contribution is 5.30. The number of nitrogens with zero attached hydrogens (tertiary/aromatic N) is 1. The van der Waals surface area contributed by atoms with Gasteiger partial charge in [0.1, 0.15) is 5.82 Å². The molecule has 1 aromatic rings. The Hall–Kier alpha value is -1.07. The van der Waals surface area contributed by atoms with Gasteiger partial charge in [0.25, 0.3) is 0 Å². The van der Waals surface area contributed by atoms with Crippen LogP contribution in [0.2, 0.25) is 0 Å². The Labute approximate surface area is 70.3 Å². The molecule has 1 unspecified atom stereocenters. The fourth-order valence-corrected chi connectivity index (χ4v) is 1.30. The van der Waals surface area contributed by atoms with E-state index in [4.69, 9.17) is 10.5 Å². The number of nitrogen functional groups attached to an aromatic ring is 1. The van der Waals surface area contributed by atoms with Crippen LogP contribution >= 0.6 is 0 Å². The number of H-pyrrole nitrogens is 1. The number of aromatic nitrogens is 2. The zero-order valence-electron chi connectivity index (χ0n) is 6.71. The minimum atomic E-state index is 0.212. The molecule has 0 spiro atoms. The molecule has 5 heteroatoms. The van der Waals surface area contributed by atoms with E-state index in [0.29, 0.717) is 12.4 Å². The van der Waals surface area contributed by atoms with Crippen molar-refractivity contribution >= 4 is 5.82 Å².